The monoisotopic (exact) mass is 452 g/mol. The smallest absolute Gasteiger partial charge is 0.134 e. The molecule has 3 heterocycles. The van der Waals surface area contributed by atoms with Crippen molar-refractivity contribution in [3.8, 4) is 5.69 Å². The standard InChI is InChI=1S/C22H18BrClN4/c23-16-5-8-20-18(14-16)21(24)19(22(26-20)27-10-2-11-27)13-15-3-6-17(7-4-15)28-12-1-9-25-28/h1,3-9,12,14H,2,10-11,13H2. The third kappa shape index (κ3) is 3.19. The van der Waals surface area contributed by atoms with E-state index in [0.29, 0.717) is 0 Å². The SMILES string of the molecule is Clc1c(Cc2ccc(-n3cccn3)cc2)c(N2CCC2)nc2ccc(Br)cc12. The number of anilines is 1. The van der Waals surface area contributed by atoms with Gasteiger partial charge >= 0.3 is 0 Å². The van der Waals surface area contributed by atoms with Gasteiger partial charge in [-0.1, -0.05) is 39.7 Å². The van der Waals surface area contributed by atoms with E-state index in [0.717, 1.165) is 57.0 Å². The molecule has 0 N–H and O–H groups in total. The highest BCUT2D eigenvalue weighted by Gasteiger charge is 2.23. The summed E-state index contributed by atoms with van der Waals surface area (Å²) in [6.45, 7) is 2.08. The molecule has 0 bridgehead atoms. The zero-order chi connectivity index (χ0) is 19.1. The Bertz CT molecular complexity index is 1140. The van der Waals surface area contributed by atoms with E-state index in [1.807, 2.05) is 29.1 Å². The van der Waals surface area contributed by atoms with E-state index < -0.39 is 0 Å². The molecule has 140 valence electrons. The highest BCUT2D eigenvalue weighted by molar-refractivity contribution is 9.10. The molecule has 5 rings (SSSR count). The van der Waals surface area contributed by atoms with Crippen LogP contribution in [0, 0.1) is 0 Å². The minimum absolute atomic E-state index is 0.750. The average Bonchev–Trinajstić information content (AvgIpc) is 3.19. The highest BCUT2D eigenvalue weighted by atomic mass is 79.9. The molecular formula is C22H18BrClN4. The molecule has 0 spiro atoms. The van der Waals surface area contributed by atoms with Crippen molar-refractivity contribution in [2.24, 2.45) is 0 Å². The van der Waals surface area contributed by atoms with Gasteiger partial charge in [-0.15, -0.1) is 0 Å². The van der Waals surface area contributed by atoms with Gasteiger partial charge in [-0.05, 0) is 48.4 Å². The fraction of sp³-hybridized carbons (Fsp3) is 0.182. The number of nitrogens with zero attached hydrogens (tertiary/aromatic N) is 4. The van der Waals surface area contributed by atoms with Crippen molar-refractivity contribution in [3.05, 3.63) is 81.5 Å². The number of benzene rings is 2. The molecule has 2 aromatic heterocycles. The summed E-state index contributed by atoms with van der Waals surface area (Å²) in [4.78, 5) is 7.28. The Morgan fingerprint density at radius 1 is 1.07 bits per heavy atom. The maximum absolute atomic E-state index is 6.90. The topological polar surface area (TPSA) is 34.0 Å². The van der Waals surface area contributed by atoms with Gasteiger partial charge in [0.1, 0.15) is 5.82 Å². The third-order valence-electron chi connectivity index (χ3n) is 5.20. The predicted molar refractivity (Wildman–Crippen MR) is 118 cm³/mol. The van der Waals surface area contributed by atoms with Gasteiger partial charge in [0, 0.05) is 47.3 Å². The molecule has 2 aromatic carbocycles. The van der Waals surface area contributed by atoms with E-state index >= 15 is 0 Å². The van der Waals surface area contributed by atoms with E-state index in [4.69, 9.17) is 16.6 Å². The number of fused-ring (bicyclic) bond motifs is 1. The lowest BCUT2D eigenvalue weighted by Crippen LogP contribution is -2.38. The lowest BCUT2D eigenvalue weighted by atomic mass is 10.0. The van der Waals surface area contributed by atoms with Crippen LogP contribution >= 0.6 is 27.5 Å². The average molecular weight is 454 g/mol. The van der Waals surface area contributed by atoms with E-state index in [9.17, 15) is 0 Å². The van der Waals surface area contributed by atoms with Gasteiger partial charge in [0.15, 0.2) is 0 Å². The van der Waals surface area contributed by atoms with Crippen LogP contribution in [0.2, 0.25) is 5.02 Å². The summed E-state index contributed by atoms with van der Waals surface area (Å²) in [6, 6.07) is 16.5. The molecule has 1 saturated heterocycles. The maximum Gasteiger partial charge on any atom is 0.134 e. The molecule has 0 unspecified atom stereocenters. The van der Waals surface area contributed by atoms with Crippen molar-refractivity contribution in [1.29, 1.82) is 0 Å². The Hall–Kier alpha value is -2.37. The van der Waals surface area contributed by atoms with Crippen molar-refractivity contribution in [2.45, 2.75) is 12.8 Å². The summed E-state index contributed by atoms with van der Waals surface area (Å²) in [6.07, 6.45) is 5.68. The summed E-state index contributed by atoms with van der Waals surface area (Å²) in [5, 5.41) is 6.07. The summed E-state index contributed by atoms with van der Waals surface area (Å²) < 4.78 is 2.87. The summed E-state index contributed by atoms with van der Waals surface area (Å²) in [7, 11) is 0. The quantitative estimate of drug-likeness (QED) is 0.401. The van der Waals surface area contributed by atoms with Crippen molar-refractivity contribution in [3.63, 3.8) is 0 Å². The maximum atomic E-state index is 6.90. The van der Waals surface area contributed by atoms with E-state index in [1.165, 1.54) is 12.0 Å². The first kappa shape index (κ1) is 17.7. The van der Waals surface area contributed by atoms with Crippen LogP contribution in [-0.2, 0) is 6.42 Å². The van der Waals surface area contributed by atoms with Gasteiger partial charge in [-0.25, -0.2) is 9.67 Å². The van der Waals surface area contributed by atoms with Crippen LogP contribution in [0.15, 0.2) is 65.4 Å². The van der Waals surface area contributed by atoms with Crippen LogP contribution in [0.1, 0.15) is 17.5 Å². The minimum atomic E-state index is 0.750. The van der Waals surface area contributed by atoms with Crippen LogP contribution in [0.3, 0.4) is 0 Å². The highest BCUT2D eigenvalue weighted by Crippen LogP contribution is 2.37. The fourth-order valence-electron chi connectivity index (χ4n) is 3.56. The number of aromatic nitrogens is 3. The molecule has 0 radical (unpaired) electrons. The molecule has 0 aliphatic carbocycles. The molecular weight excluding hydrogens is 436 g/mol. The second-order valence-electron chi connectivity index (χ2n) is 7.02. The Morgan fingerprint density at radius 2 is 1.89 bits per heavy atom. The summed E-state index contributed by atoms with van der Waals surface area (Å²) in [5.74, 6) is 1.02. The number of hydrogen-bond acceptors (Lipinski definition) is 3. The summed E-state index contributed by atoms with van der Waals surface area (Å²) >= 11 is 10.5. The van der Waals surface area contributed by atoms with Crippen LogP contribution in [0.5, 0.6) is 0 Å². The zero-order valence-corrected chi connectivity index (χ0v) is 17.5. The Morgan fingerprint density at radius 3 is 2.57 bits per heavy atom. The predicted octanol–water partition coefficient (Wildman–Crippen LogP) is 5.64. The first-order valence-corrected chi connectivity index (χ1v) is 10.5. The van der Waals surface area contributed by atoms with Crippen molar-refractivity contribution in [2.75, 3.05) is 18.0 Å². The minimum Gasteiger partial charge on any atom is -0.356 e. The van der Waals surface area contributed by atoms with E-state index in [1.54, 1.807) is 6.20 Å². The van der Waals surface area contributed by atoms with Gasteiger partial charge in [0.25, 0.3) is 0 Å². The molecule has 6 heteroatoms. The molecule has 4 aromatic rings. The normalized spacial score (nSPS) is 13.7. The van der Waals surface area contributed by atoms with Crippen molar-refractivity contribution < 1.29 is 0 Å². The first-order valence-electron chi connectivity index (χ1n) is 9.30. The number of pyridine rings is 1. The Balaban J connectivity index is 1.56. The van der Waals surface area contributed by atoms with Crippen molar-refractivity contribution in [1.82, 2.24) is 14.8 Å². The molecule has 4 nitrogen and oxygen atoms in total. The van der Waals surface area contributed by atoms with Gasteiger partial charge in [0.05, 0.1) is 16.2 Å². The second-order valence-corrected chi connectivity index (χ2v) is 8.32. The molecule has 0 amide bonds. The third-order valence-corrected chi connectivity index (χ3v) is 6.12. The van der Waals surface area contributed by atoms with Gasteiger partial charge in [-0.2, -0.15) is 5.10 Å². The molecule has 1 aliphatic heterocycles. The lowest BCUT2D eigenvalue weighted by Gasteiger charge is -2.34. The van der Waals surface area contributed by atoms with Gasteiger partial charge in [0.2, 0.25) is 0 Å². The molecule has 28 heavy (non-hydrogen) atoms. The number of rotatable bonds is 4. The van der Waals surface area contributed by atoms with E-state index in [2.05, 4.69) is 56.3 Å². The molecule has 1 fully saturated rings. The zero-order valence-electron chi connectivity index (χ0n) is 15.1. The van der Waals surface area contributed by atoms with E-state index in [-0.39, 0.29) is 0 Å². The van der Waals surface area contributed by atoms with Crippen LogP contribution in [-0.4, -0.2) is 27.9 Å². The fourth-order valence-corrected chi connectivity index (χ4v) is 4.23. The van der Waals surface area contributed by atoms with Gasteiger partial charge in [-0.3, -0.25) is 0 Å². The second kappa shape index (κ2) is 7.22. The van der Waals surface area contributed by atoms with Gasteiger partial charge < -0.3 is 4.90 Å². The van der Waals surface area contributed by atoms with Crippen LogP contribution in [0.25, 0.3) is 16.6 Å². The van der Waals surface area contributed by atoms with Crippen molar-refractivity contribution >= 4 is 44.3 Å². The Kier molecular flexibility index (Phi) is 4.57. The number of hydrogen-bond donors (Lipinski definition) is 0. The first-order chi connectivity index (χ1) is 13.7. The summed E-state index contributed by atoms with van der Waals surface area (Å²) in [5.41, 5.74) is 4.28. The molecule has 1 aliphatic rings. The largest absolute Gasteiger partial charge is 0.356 e. The van der Waals surface area contributed by atoms with Crippen LogP contribution in [0.4, 0.5) is 5.82 Å². The van der Waals surface area contributed by atoms with Crippen LogP contribution < -0.4 is 4.90 Å². The Labute approximate surface area is 176 Å². The lowest BCUT2D eigenvalue weighted by molar-refractivity contribution is 0.608. The number of halogens is 2. The molecule has 0 atom stereocenters. The molecule has 0 saturated carbocycles.